The number of hydrogen-bond donors (Lipinski definition) is 0. The summed E-state index contributed by atoms with van der Waals surface area (Å²) < 4.78 is 9.30. The Morgan fingerprint density at radius 1 is 1.38 bits per heavy atom. The third-order valence-electron chi connectivity index (χ3n) is 1.98. The van der Waals surface area contributed by atoms with Gasteiger partial charge in [-0.15, -0.1) is 0 Å². The van der Waals surface area contributed by atoms with Crippen LogP contribution in [0.2, 0.25) is 0 Å². The fraction of sp³-hybridized carbons (Fsp3) is 1.00. The molecule has 0 aromatic carbocycles. The van der Waals surface area contributed by atoms with E-state index in [2.05, 4.69) is 0 Å². The molecule has 1 saturated heterocycles. The molecule has 0 aliphatic carbocycles. The molecule has 2 atom stereocenters. The van der Waals surface area contributed by atoms with Crippen molar-refractivity contribution in [3.05, 3.63) is 0 Å². The highest BCUT2D eigenvalue weighted by Crippen LogP contribution is 2.35. The van der Waals surface area contributed by atoms with E-state index in [4.69, 9.17) is 44.3 Å². The van der Waals surface area contributed by atoms with Gasteiger partial charge in [-0.3, -0.25) is 0 Å². The molecule has 1 aliphatic heterocycles. The minimum Gasteiger partial charge on any atom is -0.349 e. The molecule has 1 aliphatic rings. The van der Waals surface area contributed by atoms with E-state index >= 15 is 0 Å². The van der Waals surface area contributed by atoms with E-state index < -0.39 is 10.1 Å². The van der Waals surface area contributed by atoms with Crippen molar-refractivity contribution >= 4 is 34.8 Å². The molecule has 2 nitrogen and oxygen atoms in total. The summed E-state index contributed by atoms with van der Waals surface area (Å²) in [4.78, 5) is 0. The predicted octanol–water partition coefficient (Wildman–Crippen LogP) is 3.29. The van der Waals surface area contributed by atoms with Crippen LogP contribution in [0.1, 0.15) is 26.2 Å². The zero-order valence-electron chi connectivity index (χ0n) is 7.43. The largest absolute Gasteiger partial charge is 0.349 e. The van der Waals surface area contributed by atoms with Gasteiger partial charge >= 0.3 is 0 Å². The molecule has 0 saturated carbocycles. The molecule has 1 fully saturated rings. The number of ether oxygens (including phenoxy) is 2. The van der Waals surface area contributed by atoms with Crippen molar-refractivity contribution in [3.63, 3.8) is 0 Å². The monoisotopic (exact) mass is 246 g/mol. The molecule has 0 bridgehead atoms. The lowest BCUT2D eigenvalue weighted by atomic mass is 10.1. The Hall–Kier alpha value is 0.790. The van der Waals surface area contributed by atoms with Crippen molar-refractivity contribution in [3.8, 4) is 0 Å². The number of alkyl halides is 3. The Balaban J connectivity index is 2.54. The fourth-order valence-corrected chi connectivity index (χ4v) is 1.60. The summed E-state index contributed by atoms with van der Waals surface area (Å²) in [5, 5.41) is 0. The first-order valence-corrected chi connectivity index (χ1v) is 5.51. The lowest BCUT2D eigenvalue weighted by Crippen LogP contribution is -2.33. The van der Waals surface area contributed by atoms with Gasteiger partial charge in [0.2, 0.25) is 10.1 Å². The molecule has 1 rings (SSSR count). The van der Waals surface area contributed by atoms with Gasteiger partial charge in [-0.2, -0.15) is 0 Å². The summed E-state index contributed by atoms with van der Waals surface area (Å²) >= 11 is 17.1. The molecule has 0 radical (unpaired) electrons. The van der Waals surface area contributed by atoms with Crippen LogP contribution in [0.15, 0.2) is 0 Å². The van der Waals surface area contributed by atoms with E-state index in [0.29, 0.717) is 6.61 Å². The van der Waals surface area contributed by atoms with Crippen LogP contribution in [0.4, 0.5) is 0 Å². The van der Waals surface area contributed by atoms with Gasteiger partial charge in [0, 0.05) is 0 Å². The lowest BCUT2D eigenvalue weighted by molar-refractivity contribution is -0.150. The van der Waals surface area contributed by atoms with Crippen molar-refractivity contribution in [2.24, 2.45) is 0 Å². The molecule has 1 heterocycles. The van der Waals surface area contributed by atoms with Gasteiger partial charge in [0.15, 0.2) is 0 Å². The SMILES string of the molecule is CCC1CCCOC(C(Cl)(Cl)Cl)O1. The third-order valence-corrected chi connectivity index (χ3v) is 2.51. The second-order valence-corrected chi connectivity index (χ2v) is 5.42. The highest BCUT2D eigenvalue weighted by Gasteiger charge is 2.37. The predicted molar refractivity (Wildman–Crippen MR) is 54.4 cm³/mol. The minimum atomic E-state index is -1.49. The van der Waals surface area contributed by atoms with Crippen molar-refractivity contribution in [2.75, 3.05) is 6.61 Å². The summed E-state index contributed by atoms with van der Waals surface area (Å²) in [5.74, 6) is 0. The highest BCUT2D eigenvalue weighted by atomic mass is 35.6. The quantitative estimate of drug-likeness (QED) is 0.662. The van der Waals surface area contributed by atoms with Gasteiger partial charge in [0.1, 0.15) is 0 Å². The molecule has 5 heteroatoms. The summed E-state index contributed by atoms with van der Waals surface area (Å²) in [7, 11) is 0. The normalized spacial score (nSPS) is 31.4. The summed E-state index contributed by atoms with van der Waals surface area (Å²) in [5.41, 5.74) is 0. The van der Waals surface area contributed by atoms with Crippen LogP contribution in [-0.2, 0) is 9.47 Å². The van der Waals surface area contributed by atoms with Crippen LogP contribution in [-0.4, -0.2) is 22.8 Å². The molecule has 2 unspecified atom stereocenters. The maximum absolute atomic E-state index is 5.69. The maximum Gasteiger partial charge on any atom is 0.240 e. The van der Waals surface area contributed by atoms with E-state index in [1.165, 1.54) is 0 Å². The smallest absolute Gasteiger partial charge is 0.240 e. The van der Waals surface area contributed by atoms with Gasteiger partial charge in [-0.25, -0.2) is 0 Å². The lowest BCUT2D eigenvalue weighted by Gasteiger charge is -2.25. The zero-order chi connectivity index (χ0) is 9.90. The van der Waals surface area contributed by atoms with Crippen molar-refractivity contribution < 1.29 is 9.47 Å². The van der Waals surface area contributed by atoms with Crippen LogP contribution >= 0.6 is 34.8 Å². The van der Waals surface area contributed by atoms with Crippen molar-refractivity contribution in [1.82, 2.24) is 0 Å². The minimum absolute atomic E-state index is 0.142. The van der Waals surface area contributed by atoms with Crippen LogP contribution in [0.5, 0.6) is 0 Å². The molecule has 13 heavy (non-hydrogen) atoms. The van der Waals surface area contributed by atoms with E-state index in [1.807, 2.05) is 6.92 Å². The fourth-order valence-electron chi connectivity index (χ4n) is 1.26. The second-order valence-electron chi connectivity index (χ2n) is 3.05. The van der Waals surface area contributed by atoms with Gasteiger partial charge < -0.3 is 9.47 Å². The van der Waals surface area contributed by atoms with Crippen LogP contribution in [0.3, 0.4) is 0 Å². The zero-order valence-corrected chi connectivity index (χ0v) is 9.70. The standard InChI is InChI=1S/C8H13Cl3O2/c1-2-6-4-3-5-12-7(13-6)8(9,10)11/h6-7H,2-5H2,1H3. The molecule has 0 aromatic heterocycles. The Bertz CT molecular complexity index is 158. The maximum atomic E-state index is 5.69. The Morgan fingerprint density at radius 2 is 2.08 bits per heavy atom. The number of rotatable bonds is 1. The number of halogens is 3. The van der Waals surface area contributed by atoms with Gasteiger partial charge in [-0.1, -0.05) is 41.7 Å². The summed E-state index contributed by atoms with van der Waals surface area (Å²) in [6.45, 7) is 2.64. The topological polar surface area (TPSA) is 18.5 Å². The van der Waals surface area contributed by atoms with Crippen LogP contribution in [0, 0.1) is 0 Å². The third kappa shape index (κ3) is 3.80. The van der Waals surface area contributed by atoms with E-state index in [-0.39, 0.29) is 6.10 Å². The molecule has 78 valence electrons. The Labute approximate surface area is 93.4 Å². The first-order chi connectivity index (χ1) is 6.04. The Kier molecular flexibility index (Phi) is 4.59. The second kappa shape index (κ2) is 5.04. The average Bonchev–Trinajstić information content (AvgIpc) is 2.27. The average molecular weight is 248 g/mol. The Morgan fingerprint density at radius 3 is 2.62 bits per heavy atom. The molecular formula is C8H13Cl3O2. The van der Waals surface area contributed by atoms with E-state index in [9.17, 15) is 0 Å². The first kappa shape index (κ1) is 11.9. The van der Waals surface area contributed by atoms with Gasteiger partial charge in [0.25, 0.3) is 0 Å². The van der Waals surface area contributed by atoms with Gasteiger partial charge in [-0.05, 0) is 19.3 Å². The molecule has 0 N–H and O–H groups in total. The highest BCUT2D eigenvalue weighted by molar-refractivity contribution is 6.67. The van der Waals surface area contributed by atoms with Gasteiger partial charge in [0.05, 0.1) is 12.7 Å². The molecular weight excluding hydrogens is 234 g/mol. The molecule has 0 spiro atoms. The van der Waals surface area contributed by atoms with Crippen LogP contribution in [0.25, 0.3) is 0 Å². The summed E-state index contributed by atoms with van der Waals surface area (Å²) in [6, 6.07) is 0. The molecule has 0 amide bonds. The van der Waals surface area contributed by atoms with Crippen molar-refractivity contribution in [1.29, 1.82) is 0 Å². The van der Waals surface area contributed by atoms with E-state index in [1.54, 1.807) is 0 Å². The van der Waals surface area contributed by atoms with Crippen molar-refractivity contribution in [2.45, 2.75) is 42.4 Å². The number of hydrogen-bond acceptors (Lipinski definition) is 2. The van der Waals surface area contributed by atoms with E-state index in [0.717, 1.165) is 19.3 Å². The molecule has 0 aromatic rings. The summed E-state index contributed by atoms with van der Waals surface area (Å²) in [6.07, 6.45) is 2.25. The van der Waals surface area contributed by atoms with Crippen LogP contribution < -0.4 is 0 Å². The first-order valence-electron chi connectivity index (χ1n) is 4.38.